The predicted molar refractivity (Wildman–Crippen MR) is 84.1 cm³/mol. The minimum atomic E-state index is 0.791. The zero-order valence-corrected chi connectivity index (χ0v) is 13.0. The number of rotatable bonds is 8. The highest BCUT2D eigenvalue weighted by molar-refractivity contribution is 5.79. The molecule has 0 aromatic rings. The van der Waals surface area contributed by atoms with Crippen LogP contribution in [0.2, 0.25) is 0 Å². The van der Waals surface area contributed by atoms with E-state index in [1.54, 1.807) is 5.57 Å². The maximum atomic E-state index is 5.68. The molecule has 0 aromatic carbocycles. The van der Waals surface area contributed by atoms with Crippen molar-refractivity contribution in [3.63, 3.8) is 0 Å². The molecule has 1 fully saturated rings. The van der Waals surface area contributed by atoms with Crippen LogP contribution in [0.15, 0.2) is 16.6 Å². The van der Waals surface area contributed by atoms with Crippen molar-refractivity contribution in [2.75, 3.05) is 40.4 Å². The monoisotopic (exact) mass is 279 g/mol. The largest absolute Gasteiger partial charge is 0.379 e. The van der Waals surface area contributed by atoms with E-state index >= 15 is 0 Å². The molecule has 0 heterocycles. The third-order valence-electron chi connectivity index (χ3n) is 4.06. The summed E-state index contributed by atoms with van der Waals surface area (Å²) in [5.41, 5.74) is 1.60. The lowest BCUT2D eigenvalue weighted by atomic mass is 10.2. The first-order valence-corrected chi connectivity index (χ1v) is 7.97. The van der Waals surface area contributed by atoms with Gasteiger partial charge in [-0.1, -0.05) is 11.6 Å². The van der Waals surface area contributed by atoms with Gasteiger partial charge in [-0.2, -0.15) is 0 Å². The molecular weight excluding hydrogens is 250 g/mol. The molecule has 4 heteroatoms. The van der Waals surface area contributed by atoms with Crippen LogP contribution in [0, 0.1) is 5.92 Å². The van der Waals surface area contributed by atoms with Gasteiger partial charge in [0, 0.05) is 33.8 Å². The summed E-state index contributed by atoms with van der Waals surface area (Å²) in [5.74, 6) is 1.82. The van der Waals surface area contributed by atoms with E-state index in [-0.39, 0.29) is 0 Å². The maximum absolute atomic E-state index is 5.68. The number of nitrogens with zero attached hydrogens (tertiary/aromatic N) is 2. The summed E-state index contributed by atoms with van der Waals surface area (Å²) >= 11 is 0. The average molecular weight is 279 g/mol. The molecule has 114 valence electrons. The van der Waals surface area contributed by atoms with Crippen LogP contribution in [-0.2, 0) is 4.74 Å². The zero-order chi connectivity index (χ0) is 14.2. The quantitative estimate of drug-likeness (QED) is 0.321. The van der Waals surface area contributed by atoms with Gasteiger partial charge in [0.25, 0.3) is 0 Å². The summed E-state index contributed by atoms with van der Waals surface area (Å²) in [6.07, 6.45) is 10.1. The van der Waals surface area contributed by atoms with Gasteiger partial charge in [0.1, 0.15) is 0 Å². The van der Waals surface area contributed by atoms with Gasteiger partial charge in [0.2, 0.25) is 0 Å². The van der Waals surface area contributed by atoms with Gasteiger partial charge in [0.15, 0.2) is 5.96 Å². The Hall–Kier alpha value is -1.03. The lowest BCUT2D eigenvalue weighted by molar-refractivity contribution is 0.115. The second-order valence-electron chi connectivity index (χ2n) is 5.92. The first-order chi connectivity index (χ1) is 9.79. The minimum Gasteiger partial charge on any atom is -0.379 e. The normalized spacial score (nSPS) is 19.1. The van der Waals surface area contributed by atoms with Crippen molar-refractivity contribution in [1.29, 1.82) is 0 Å². The van der Waals surface area contributed by atoms with Gasteiger partial charge in [0.05, 0.1) is 6.61 Å². The maximum Gasteiger partial charge on any atom is 0.193 e. The molecule has 0 bridgehead atoms. The first-order valence-electron chi connectivity index (χ1n) is 7.97. The van der Waals surface area contributed by atoms with Crippen LogP contribution in [0.4, 0.5) is 0 Å². The van der Waals surface area contributed by atoms with Crippen molar-refractivity contribution >= 4 is 5.96 Å². The second-order valence-corrected chi connectivity index (χ2v) is 5.92. The number of hydrogen-bond donors (Lipinski definition) is 1. The van der Waals surface area contributed by atoms with Crippen LogP contribution < -0.4 is 5.32 Å². The molecule has 2 aliphatic carbocycles. The lowest BCUT2D eigenvalue weighted by Gasteiger charge is -2.22. The number of ether oxygens (including phenoxy) is 1. The van der Waals surface area contributed by atoms with Crippen molar-refractivity contribution in [2.45, 2.75) is 38.5 Å². The summed E-state index contributed by atoms with van der Waals surface area (Å²) in [6.45, 7) is 3.60. The third-order valence-corrected chi connectivity index (χ3v) is 4.06. The Morgan fingerprint density at radius 1 is 1.50 bits per heavy atom. The summed E-state index contributed by atoms with van der Waals surface area (Å²) in [6, 6.07) is 0. The number of likely N-dealkylation sites (N-methyl/N-ethyl adjacent to an activating group) is 1. The van der Waals surface area contributed by atoms with E-state index in [0.717, 1.165) is 44.6 Å². The molecule has 2 rings (SSSR count). The molecule has 2 aliphatic rings. The van der Waals surface area contributed by atoms with Gasteiger partial charge in [-0.25, -0.2) is 0 Å². The van der Waals surface area contributed by atoms with E-state index in [0.29, 0.717) is 0 Å². The molecule has 0 unspecified atom stereocenters. The standard InChI is InChI=1S/C16H29N3O/c1-17-16(18-10-9-14-5-3-4-6-14)19(2)11-12-20-13-15-7-8-15/h5,15H,3-4,6-13H2,1-2H3,(H,17,18). The van der Waals surface area contributed by atoms with Gasteiger partial charge in [-0.05, 0) is 44.4 Å². The highest BCUT2D eigenvalue weighted by Crippen LogP contribution is 2.28. The Morgan fingerprint density at radius 2 is 2.35 bits per heavy atom. The Kier molecular flexibility index (Phi) is 6.37. The van der Waals surface area contributed by atoms with Crippen molar-refractivity contribution in [3.05, 3.63) is 11.6 Å². The molecule has 0 spiro atoms. The minimum absolute atomic E-state index is 0.791. The number of aliphatic imine (C=N–C) groups is 1. The van der Waals surface area contributed by atoms with Crippen molar-refractivity contribution < 1.29 is 4.74 Å². The van der Waals surface area contributed by atoms with Gasteiger partial charge in [-0.15, -0.1) is 0 Å². The van der Waals surface area contributed by atoms with E-state index in [1.165, 1.54) is 32.1 Å². The molecule has 1 N–H and O–H groups in total. The number of nitrogens with one attached hydrogen (secondary N) is 1. The molecule has 20 heavy (non-hydrogen) atoms. The summed E-state index contributed by atoms with van der Waals surface area (Å²) < 4.78 is 5.68. The number of allylic oxidation sites excluding steroid dienone is 1. The van der Waals surface area contributed by atoms with Gasteiger partial charge >= 0.3 is 0 Å². The van der Waals surface area contributed by atoms with Crippen LogP contribution in [0.25, 0.3) is 0 Å². The van der Waals surface area contributed by atoms with E-state index in [9.17, 15) is 0 Å². The van der Waals surface area contributed by atoms with Crippen molar-refractivity contribution in [1.82, 2.24) is 10.2 Å². The van der Waals surface area contributed by atoms with Gasteiger partial charge < -0.3 is 15.0 Å². The van der Waals surface area contributed by atoms with Crippen LogP contribution in [0.3, 0.4) is 0 Å². The van der Waals surface area contributed by atoms with Crippen LogP contribution in [-0.4, -0.2) is 51.3 Å². The smallest absolute Gasteiger partial charge is 0.193 e. The lowest BCUT2D eigenvalue weighted by Crippen LogP contribution is -2.41. The van der Waals surface area contributed by atoms with E-state index in [1.807, 2.05) is 7.05 Å². The first kappa shape index (κ1) is 15.4. The molecule has 0 aromatic heterocycles. The molecular formula is C16H29N3O. The summed E-state index contributed by atoms with van der Waals surface area (Å²) in [5, 5.41) is 3.44. The molecule has 0 amide bonds. The third kappa shape index (κ3) is 5.53. The summed E-state index contributed by atoms with van der Waals surface area (Å²) in [7, 11) is 3.92. The number of hydrogen-bond acceptors (Lipinski definition) is 2. The molecule has 4 nitrogen and oxygen atoms in total. The highest BCUT2D eigenvalue weighted by Gasteiger charge is 2.21. The molecule has 0 saturated heterocycles. The van der Waals surface area contributed by atoms with Crippen LogP contribution in [0.1, 0.15) is 38.5 Å². The van der Waals surface area contributed by atoms with E-state index in [2.05, 4.69) is 28.3 Å². The molecule has 0 atom stereocenters. The Balaban J connectivity index is 1.56. The number of guanidine groups is 1. The fourth-order valence-corrected chi connectivity index (χ4v) is 2.53. The van der Waals surface area contributed by atoms with Crippen molar-refractivity contribution in [3.8, 4) is 0 Å². The van der Waals surface area contributed by atoms with Crippen LogP contribution in [0.5, 0.6) is 0 Å². The van der Waals surface area contributed by atoms with E-state index < -0.39 is 0 Å². The fourth-order valence-electron chi connectivity index (χ4n) is 2.53. The van der Waals surface area contributed by atoms with Gasteiger partial charge in [-0.3, -0.25) is 4.99 Å². The van der Waals surface area contributed by atoms with E-state index in [4.69, 9.17) is 4.74 Å². The topological polar surface area (TPSA) is 36.9 Å². The highest BCUT2D eigenvalue weighted by atomic mass is 16.5. The molecule has 0 aliphatic heterocycles. The second kappa shape index (κ2) is 8.30. The fraction of sp³-hybridized carbons (Fsp3) is 0.812. The average Bonchev–Trinajstić information content (AvgIpc) is 3.14. The predicted octanol–water partition coefficient (Wildman–Crippen LogP) is 2.42. The summed E-state index contributed by atoms with van der Waals surface area (Å²) in [4.78, 5) is 6.48. The Morgan fingerprint density at radius 3 is 3.00 bits per heavy atom. The zero-order valence-electron chi connectivity index (χ0n) is 13.0. The van der Waals surface area contributed by atoms with Crippen molar-refractivity contribution in [2.24, 2.45) is 10.9 Å². The Bertz CT molecular complexity index is 348. The molecule has 1 saturated carbocycles. The Labute approximate surface area is 123 Å². The SMILES string of the molecule is CN=C(NCCC1=CCCC1)N(C)CCOCC1CC1. The van der Waals surface area contributed by atoms with Crippen LogP contribution >= 0.6 is 0 Å². The molecule has 0 radical (unpaired) electrons.